The zero-order valence-corrected chi connectivity index (χ0v) is 10.5. The molecule has 0 aliphatic carbocycles. The Bertz CT molecular complexity index is 714. The number of rotatable bonds is 2. The summed E-state index contributed by atoms with van der Waals surface area (Å²) in [6.45, 7) is 1.75. The van der Waals surface area contributed by atoms with Gasteiger partial charge >= 0.3 is 0 Å². The first-order valence-corrected chi connectivity index (χ1v) is 6.32. The number of anilines is 1. The van der Waals surface area contributed by atoms with Gasteiger partial charge in [0, 0.05) is 16.5 Å². The molecule has 90 valence electrons. The van der Waals surface area contributed by atoms with Crippen LogP contribution in [-0.2, 0) is 0 Å². The number of aromatic nitrogens is 1. The zero-order valence-electron chi connectivity index (χ0n) is 9.64. The van der Waals surface area contributed by atoms with Crippen LogP contribution in [0.3, 0.4) is 0 Å². The van der Waals surface area contributed by atoms with Gasteiger partial charge in [0.1, 0.15) is 5.76 Å². The molecule has 0 saturated heterocycles. The van der Waals surface area contributed by atoms with Crippen LogP contribution in [0.5, 0.6) is 0 Å². The molecule has 0 unspecified atom stereocenters. The fourth-order valence-electron chi connectivity index (χ4n) is 1.71. The van der Waals surface area contributed by atoms with E-state index in [1.165, 1.54) is 4.70 Å². The van der Waals surface area contributed by atoms with Gasteiger partial charge in [-0.05, 0) is 42.0 Å². The summed E-state index contributed by atoms with van der Waals surface area (Å²) in [7, 11) is 0. The summed E-state index contributed by atoms with van der Waals surface area (Å²) in [5.41, 5.74) is 1.05. The molecule has 5 heteroatoms. The van der Waals surface area contributed by atoms with E-state index in [0.717, 1.165) is 11.1 Å². The topological polar surface area (TPSA) is 55.1 Å². The van der Waals surface area contributed by atoms with E-state index >= 15 is 0 Å². The van der Waals surface area contributed by atoms with Crippen LogP contribution in [0.1, 0.15) is 16.2 Å². The quantitative estimate of drug-likeness (QED) is 0.766. The molecule has 0 bridgehead atoms. The third-order valence-corrected chi connectivity index (χ3v) is 3.47. The summed E-state index contributed by atoms with van der Waals surface area (Å²) in [6.07, 6.45) is 0. The number of hydrogen-bond acceptors (Lipinski definition) is 4. The van der Waals surface area contributed by atoms with Crippen molar-refractivity contribution in [2.45, 2.75) is 6.92 Å². The fraction of sp³-hybridized carbons (Fsp3) is 0.0769. The first-order chi connectivity index (χ1) is 8.72. The van der Waals surface area contributed by atoms with Crippen LogP contribution in [0.25, 0.3) is 10.1 Å². The molecule has 0 atom stereocenters. The lowest BCUT2D eigenvalue weighted by Crippen LogP contribution is -2.11. The summed E-state index contributed by atoms with van der Waals surface area (Å²) < 4.78 is 6.07. The lowest BCUT2D eigenvalue weighted by atomic mass is 10.2. The Balaban J connectivity index is 1.85. The van der Waals surface area contributed by atoms with Crippen molar-refractivity contribution in [3.05, 3.63) is 47.2 Å². The van der Waals surface area contributed by atoms with Crippen molar-refractivity contribution in [2.75, 3.05) is 5.32 Å². The van der Waals surface area contributed by atoms with E-state index in [1.54, 1.807) is 24.3 Å². The van der Waals surface area contributed by atoms with Crippen molar-refractivity contribution in [1.29, 1.82) is 0 Å². The summed E-state index contributed by atoms with van der Waals surface area (Å²) in [4.78, 5) is 11.9. The van der Waals surface area contributed by atoms with Gasteiger partial charge in [0.2, 0.25) is 0 Å². The van der Waals surface area contributed by atoms with E-state index in [-0.39, 0.29) is 11.6 Å². The number of carbonyl (C=O) groups is 1. The molecular weight excluding hydrogens is 248 g/mol. The molecule has 4 nitrogen and oxygen atoms in total. The monoisotopic (exact) mass is 258 g/mol. The number of amides is 1. The Morgan fingerprint density at radius 1 is 1.33 bits per heavy atom. The molecule has 3 rings (SSSR count). The summed E-state index contributed by atoms with van der Waals surface area (Å²) >= 11 is 1.67. The van der Waals surface area contributed by atoms with Gasteiger partial charge in [-0.25, -0.2) is 0 Å². The second-order valence-corrected chi connectivity index (χ2v) is 4.90. The number of fused-ring (bicyclic) bond motifs is 1. The zero-order chi connectivity index (χ0) is 12.5. The van der Waals surface area contributed by atoms with E-state index in [1.807, 2.05) is 29.6 Å². The molecule has 0 aliphatic rings. The van der Waals surface area contributed by atoms with Crippen molar-refractivity contribution in [2.24, 2.45) is 0 Å². The largest absolute Gasteiger partial charge is 0.361 e. The van der Waals surface area contributed by atoms with Crippen LogP contribution >= 0.6 is 11.3 Å². The minimum atomic E-state index is -0.263. The molecule has 1 N–H and O–H groups in total. The first-order valence-electron chi connectivity index (χ1n) is 5.44. The van der Waals surface area contributed by atoms with Gasteiger partial charge in [-0.1, -0.05) is 5.16 Å². The number of aryl methyl sites for hydroxylation is 1. The van der Waals surface area contributed by atoms with Crippen molar-refractivity contribution < 1.29 is 9.32 Å². The highest BCUT2D eigenvalue weighted by Gasteiger charge is 2.11. The predicted molar refractivity (Wildman–Crippen MR) is 71.0 cm³/mol. The number of nitrogens with zero attached hydrogens (tertiary/aromatic N) is 1. The number of nitrogens with one attached hydrogen (secondary N) is 1. The van der Waals surface area contributed by atoms with Crippen LogP contribution < -0.4 is 5.32 Å². The van der Waals surface area contributed by atoms with E-state index in [9.17, 15) is 4.79 Å². The molecule has 2 heterocycles. The first kappa shape index (κ1) is 11.0. The third kappa shape index (κ3) is 2.00. The van der Waals surface area contributed by atoms with E-state index in [0.29, 0.717) is 5.76 Å². The maximum atomic E-state index is 11.9. The van der Waals surface area contributed by atoms with Gasteiger partial charge in [-0.2, -0.15) is 0 Å². The lowest BCUT2D eigenvalue weighted by molar-refractivity contribution is 0.101. The Hall–Kier alpha value is -2.14. The average Bonchev–Trinajstić information content (AvgIpc) is 2.96. The SMILES string of the molecule is Cc1cc(C(=O)Nc2ccc3sccc3c2)no1. The minimum Gasteiger partial charge on any atom is -0.361 e. The Kier molecular flexibility index (Phi) is 2.60. The van der Waals surface area contributed by atoms with Crippen molar-refractivity contribution >= 4 is 33.0 Å². The summed E-state index contributed by atoms with van der Waals surface area (Å²) in [6, 6.07) is 9.44. The van der Waals surface area contributed by atoms with Gasteiger partial charge in [-0.3, -0.25) is 4.79 Å². The van der Waals surface area contributed by atoms with E-state index < -0.39 is 0 Å². The van der Waals surface area contributed by atoms with Crippen molar-refractivity contribution in [3.8, 4) is 0 Å². The molecule has 0 spiro atoms. The maximum Gasteiger partial charge on any atom is 0.277 e. The van der Waals surface area contributed by atoms with Crippen LogP contribution in [0.15, 0.2) is 40.2 Å². The highest BCUT2D eigenvalue weighted by molar-refractivity contribution is 7.17. The standard InChI is InChI=1S/C13H10N2O2S/c1-8-6-11(15-17-8)13(16)14-10-2-3-12-9(7-10)4-5-18-12/h2-7H,1H3,(H,14,16). The molecule has 1 aromatic carbocycles. The fourth-order valence-corrected chi connectivity index (χ4v) is 2.48. The molecule has 2 aromatic heterocycles. The molecule has 0 aliphatic heterocycles. The maximum absolute atomic E-state index is 11.9. The molecule has 0 radical (unpaired) electrons. The third-order valence-electron chi connectivity index (χ3n) is 2.57. The molecular formula is C13H10N2O2S. The highest BCUT2D eigenvalue weighted by Crippen LogP contribution is 2.24. The van der Waals surface area contributed by atoms with Crippen LogP contribution in [0.2, 0.25) is 0 Å². The minimum absolute atomic E-state index is 0.263. The van der Waals surface area contributed by atoms with Crippen molar-refractivity contribution in [1.82, 2.24) is 5.16 Å². The van der Waals surface area contributed by atoms with Gasteiger partial charge in [0.25, 0.3) is 5.91 Å². The average molecular weight is 258 g/mol. The Labute approximate surface area is 107 Å². The second-order valence-electron chi connectivity index (χ2n) is 3.95. The molecule has 0 fully saturated rings. The predicted octanol–water partition coefficient (Wildman–Crippen LogP) is 3.45. The number of hydrogen-bond donors (Lipinski definition) is 1. The number of benzene rings is 1. The van der Waals surface area contributed by atoms with Crippen LogP contribution in [0, 0.1) is 6.92 Å². The molecule has 1 amide bonds. The molecule has 3 aromatic rings. The molecule has 18 heavy (non-hydrogen) atoms. The van der Waals surface area contributed by atoms with Gasteiger partial charge in [0.05, 0.1) is 0 Å². The Morgan fingerprint density at radius 2 is 2.22 bits per heavy atom. The Morgan fingerprint density at radius 3 is 3.00 bits per heavy atom. The number of thiophene rings is 1. The normalized spacial score (nSPS) is 10.7. The highest BCUT2D eigenvalue weighted by atomic mass is 32.1. The van der Waals surface area contributed by atoms with Crippen molar-refractivity contribution in [3.63, 3.8) is 0 Å². The molecule has 0 saturated carbocycles. The lowest BCUT2D eigenvalue weighted by Gasteiger charge is -2.02. The van der Waals surface area contributed by atoms with Crippen LogP contribution in [-0.4, -0.2) is 11.1 Å². The summed E-state index contributed by atoms with van der Waals surface area (Å²) in [5.74, 6) is 0.356. The van der Waals surface area contributed by atoms with E-state index in [2.05, 4.69) is 10.5 Å². The number of carbonyl (C=O) groups excluding carboxylic acids is 1. The van der Waals surface area contributed by atoms with Gasteiger partial charge < -0.3 is 9.84 Å². The summed E-state index contributed by atoms with van der Waals surface area (Å²) in [5, 5.41) is 9.62. The smallest absolute Gasteiger partial charge is 0.277 e. The van der Waals surface area contributed by atoms with Crippen LogP contribution in [0.4, 0.5) is 5.69 Å². The van der Waals surface area contributed by atoms with Gasteiger partial charge in [-0.15, -0.1) is 11.3 Å². The van der Waals surface area contributed by atoms with E-state index in [4.69, 9.17) is 4.52 Å². The second kappa shape index (κ2) is 4.27. The van der Waals surface area contributed by atoms with Gasteiger partial charge in [0.15, 0.2) is 5.69 Å².